The fourth-order valence-corrected chi connectivity index (χ4v) is 1.86. The van der Waals surface area contributed by atoms with Crippen LogP contribution in [0, 0.1) is 0 Å². The number of anilines is 1. The largest absolute Gasteiger partial charge is 0.405 e. The highest BCUT2D eigenvalue weighted by Gasteiger charge is 2.31. The van der Waals surface area contributed by atoms with E-state index in [1.807, 2.05) is 19.9 Å². The molecule has 1 aromatic rings. The minimum Gasteiger partial charge on any atom is -0.348 e. The van der Waals surface area contributed by atoms with E-state index in [9.17, 15) is 13.2 Å². The van der Waals surface area contributed by atoms with Crippen molar-refractivity contribution in [2.75, 3.05) is 18.0 Å². The first-order valence-corrected chi connectivity index (χ1v) is 6.41. The van der Waals surface area contributed by atoms with Gasteiger partial charge in [-0.3, -0.25) is 0 Å². The smallest absolute Gasteiger partial charge is 0.348 e. The first-order valence-electron chi connectivity index (χ1n) is 6.41. The normalized spacial score (nSPS) is 11.7. The number of hydrogen-bond donors (Lipinski definition) is 1. The lowest BCUT2D eigenvalue weighted by Crippen LogP contribution is -2.35. The predicted octanol–water partition coefficient (Wildman–Crippen LogP) is 2.88. The van der Waals surface area contributed by atoms with Gasteiger partial charge in [0.25, 0.3) is 0 Å². The van der Waals surface area contributed by atoms with Crippen molar-refractivity contribution in [3.8, 4) is 0 Å². The highest BCUT2D eigenvalue weighted by molar-refractivity contribution is 5.43. The summed E-state index contributed by atoms with van der Waals surface area (Å²) in [6.07, 6.45) is -2.93. The van der Waals surface area contributed by atoms with E-state index in [1.54, 1.807) is 6.07 Å². The van der Waals surface area contributed by atoms with Gasteiger partial charge in [0.05, 0.1) is 0 Å². The summed E-state index contributed by atoms with van der Waals surface area (Å²) >= 11 is 0. The van der Waals surface area contributed by atoms with E-state index >= 15 is 0 Å². The quantitative estimate of drug-likeness (QED) is 0.868. The molecule has 0 spiro atoms. The zero-order valence-corrected chi connectivity index (χ0v) is 11.3. The molecule has 0 saturated heterocycles. The third kappa shape index (κ3) is 5.06. The minimum atomic E-state index is -4.23. The molecule has 0 radical (unpaired) electrons. The number of alkyl halides is 3. The first kappa shape index (κ1) is 15.8. The van der Waals surface area contributed by atoms with Gasteiger partial charge in [-0.15, -0.1) is 0 Å². The zero-order valence-electron chi connectivity index (χ0n) is 11.3. The van der Waals surface area contributed by atoms with Crippen LogP contribution in [-0.2, 0) is 13.0 Å². The SMILES string of the molecule is CCCN(CC(F)(F)F)c1cc(CN)cc(CC)n1. The van der Waals surface area contributed by atoms with Crippen LogP contribution >= 0.6 is 0 Å². The maximum atomic E-state index is 12.6. The van der Waals surface area contributed by atoms with E-state index in [2.05, 4.69) is 4.98 Å². The van der Waals surface area contributed by atoms with Crippen LogP contribution in [0.4, 0.5) is 19.0 Å². The van der Waals surface area contributed by atoms with Crippen molar-refractivity contribution in [3.05, 3.63) is 23.4 Å². The summed E-state index contributed by atoms with van der Waals surface area (Å²) in [7, 11) is 0. The molecule has 0 aliphatic rings. The fraction of sp³-hybridized carbons (Fsp3) is 0.615. The van der Waals surface area contributed by atoms with Gasteiger partial charge in [0.2, 0.25) is 0 Å². The Bertz CT molecular complexity index is 382. The summed E-state index contributed by atoms with van der Waals surface area (Å²) in [4.78, 5) is 5.54. The molecule has 0 unspecified atom stereocenters. The molecule has 0 atom stereocenters. The molecule has 19 heavy (non-hydrogen) atoms. The second-order valence-electron chi connectivity index (χ2n) is 4.42. The predicted molar refractivity (Wildman–Crippen MR) is 70.1 cm³/mol. The van der Waals surface area contributed by atoms with Crippen molar-refractivity contribution in [3.63, 3.8) is 0 Å². The summed E-state index contributed by atoms with van der Waals surface area (Å²) in [6, 6.07) is 3.47. The van der Waals surface area contributed by atoms with E-state index in [0.29, 0.717) is 31.7 Å². The molecule has 2 N–H and O–H groups in total. The summed E-state index contributed by atoms with van der Waals surface area (Å²) < 4.78 is 37.8. The van der Waals surface area contributed by atoms with Crippen LogP contribution in [0.25, 0.3) is 0 Å². The Morgan fingerprint density at radius 1 is 1.26 bits per heavy atom. The topological polar surface area (TPSA) is 42.1 Å². The lowest BCUT2D eigenvalue weighted by Gasteiger charge is -2.25. The van der Waals surface area contributed by atoms with Crippen LogP contribution in [0.2, 0.25) is 0 Å². The van der Waals surface area contributed by atoms with Crippen LogP contribution in [0.1, 0.15) is 31.5 Å². The number of nitrogens with zero attached hydrogens (tertiary/aromatic N) is 2. The molecule has 1 heterocycles. The van der Waals surface area contributed by atoms with Gasteiger partial charge in [0.1, 0.15) is 12.4 Å². The van der Waals surface area contributed by atoms with Crippen LogP contribution in [-0.4, -0.2) is 24.2 Å². The lowest BCUT2D eigenvalue weighted by atomic mass is 10.2. The summed E-state index contributed by atoms with van der Waals surface area (Å²) in [6.45, 7) is 3.40. The first-order chi connectivity index (χ1) is 8.89. The van der Waals surface area contributed by atoms with Gasteiger partial charge in [-0.2, -0.15) is 13.2 Å². The van der Waals surface area contributed by atoms with Gasteiger partial charge in [0.15, 0.2) is 0 Å². The number of halogens is 3. The Kier molecular flexibility index (Phi) is 5.60. The second-order valence-corrected chi connectivity index (χ2v) is 4.42. The average molecular weight is 275 g/mol. The van der Waals surface area contributed by atoms with E-state index in [1.165, 1.54) is 4.90 Å². The Morgan fingerprint density at radius 2 is 1.95 bits per heavy atom. The molecule has 1 aromatic heterocycles. The highest BCUT2D eigenvalue weighted by Crippen LogP contribution is 2.22. The van der Waals surface area contributed by atoms with Crippen molar-refractivity contribution < 1.29 is 13.2 Å². The average Bonchev–Trinajstić information content (AvgIpc) is 2.36. The Hall–Kier alpha value is -1.30. The third-order valence-corrected chi connectivity index (χ3v) is 2.71. The summed E-state index contributed by atoms with van der Waals surface area (Å²) in [5.41, 5.74) is 7.15. The Balaban J connectivity index is 3.06. The molecular weight excluding hydrogens is 255 g/mol. The molecule has 108 valence electrons. The van der Waals surface area contributed by atoms with E-state index in [0.717, 1.165) is 11.3 Å². The van der Waals surface area contributed by atoms with E-state index in [4.69, 9.17) is 5.73 Å². The van der Waals surface area contributed by atoms with Gasteiger partial charge in [-0.05, 0) is 30.5 Å². The highest BCUT2D eigenvalue weighted by atomic mass is 19.4. The molecular formula is C13H20F3N3. The Labute approximate surface area is 111 Å². The standard InChI is InChI=1S/C13H20F3N3/c1-3-5-19(9-13(14,15)16)12-7-10(8-17)6-11(4-2)18-12/h6-7H,3-5,8-9,17H2,1-2H3. The van der Waals surface area contributed by atoms with E-state index < -0.39 is 12.7 Å². The van der Waals surface area contributed by atoms with Gasteiger partial charge in [-0.25, -0.2) is 4.98 Å². The van der Waals surface area contributed by atoms with Gasteiger partial charge >= 0.3 is 6.18 Å². The molecule has 0 aromatic carbocycles. The fourth-order valence-electron chi connectivity index (χ4n) is 1.86. The van der Waals surface area contributed by atoms with Crippen molar-refractivity contribution in [2.24, 2.45) is 5.73 Å². The molecule has 0 bridgehead atoms. The van der Waals surface area contributed by atoms with Gasteiger partial charge in [0, 0.05) is 18.8 Å². The summed E-state index contributed by atoms with van der Waals surface area (Å²) in [5.74, 6) is 0.360. The number of hydrogen-bond acceptors (Lipinski definition) is 3. The molecule has 3 nitrogen and oxygen atoms in total. The zero-order chi connectivity index (χ0) is 14.5. The van der Waals surface area contributed by atoms with Gasteiger partial charge < -0.3 is 10.6 Å². The minimum absolute atomic E-state index is 0.300. The lowest BCUT2D eigenvalue weighted by molar-refractivity contribution is -0.119. The van der Waals surface area contributed by atoms with Crippen molar-refractivity contribution in [1.82, 2.24) is 4.98 Å². The van der Waals surface area contributed by atoms with Crippen molar-refractivity contribution in [1.29, 1.82) is 0 Å². The number of pyridine rings is 1. The maximum absolute atomic E-state index is 12.6. The number of aryl methyl sites for hydroxylation is 1. The molecule has 0 saturated carbocycles. The van der Waals surface area contributed by atoms with Gasteiger partial charge in [-0.1, -0.05) is 13.8 Å². The second kappa shape index (κ2) is 6.75. The van der Waals surface area contributed by atoms with Crippen molar-refractivity contribution >= 4 is 5.82 Å². The third-order valence-electron chi connectivity index (χ3n) is 2.71. The molecule has 0 fully saturated rings. The monoisotopic (exact) mass is 275 g/mol. The van der Waals surface area contributed by atoms with E-state index in [-0.39, 0.29) is 0 Å². The van der Waals surface area contributed by atoms with Crippen LogP contribution in [0.3, 0.4) is 0 Å². The molecule has 6 heteroatoms. The molecule has 0 aliphatic carbocycles. The summed E-state index contributed by atoms with van der Waals surface area (Å²) in [5, 5.41) is 0. The number of aromatic nitrogens is 1. The van der Waals surface area contributed by atoms with Crippen molar-refractivity contribution in [2.45, 2.75) is 39.4 Å². The molecule has 1 rings (SSSR count). The maximum Gasteiger partial charge on any atom is 0.405 e. The Morgan fingerprint density at radius 3 is 2.42 bits per heavy atom. The van der Waals surface area contributed by atoms with Crippen LogP contribution in [0.5, 0.6) is 0 Å². The molecule has 0 amide bonds. The van der Waals surface area contributed by atoms with Crippen LogP contribution in [0.15, 0.2) is 12.1 Å². The number of rotatable bonds is 6. The van der Waals surface area contributed by atoms with Crippen LogP contribution < -0.4 is 10.6 Å². The number of nitrogens with two attached hydrogens (primary N) is 1. The molecule has 0 aliphatic heterocycles.